The predicted molar refractivity (Wildman–Crippen MR) is 172 cm³/mol. The van der Waals surface area contributed by atoms with Gasteiger partial charge in [-0.25, -0.2) is 0 Å². The number of carbonyl (C=O) groups is 1. The zero-order chi connectivity index (χ0) is 32.0. The molecule has 0 N–H and O–H groups in total. The van der Waals surface area contributed by atoms with Crippen molar-refractivity contribution in [2.75, 3.05) is 20.8 Å². The highest BCUT2D eigenvalue weighted by molar-refractivity contribution is 5.70. The fraction of sp³-hybridized carbons (Fsp3) is 0.342. The lowest BCUT2D eigenvalue weighted by molar-refractivity contribution is -0.377. The number of benzene rings is 4. The van der Waals surface area contributed by atoms with Crippen molar-refractivity contribution in [1.82, 2.24) is 0 Å². The smallest absolute Gasteiger partial charge is 0.311 e. The van der Waals surface area contributed by atoms with Gasteiger partial charge in [0.2, 0.25) is 5.79 Å². The van der Waals surface area contributed by atoms with E-state index in [1.807, 2.05) is 121 Å². The second kappa shape index (κ2) is 17.1. The summed E-state index contributed by atoms with van der Waals surface area (Å²) in [5, 5.41) is 0. The molecule has 0 saturated carbocycles. The number of methoxy groups -OCH3 is 2. The molecule has 46 heavy (non-hydrogen) atoms. The molecule has 1 aliphatic rings. The van der Waals surface area contributed by atoms with Crippen molar-refractivity contribution in [3.05, 3.63) is 144 Å². The van der Waals surface area contributed by atoms with E-state index in [9.17, 15) is 4.79 Å². The molecule has 5 atom stereocenters. The predicted octanol–water partition coefficient (Wildman–Crippen LogP) is 6.26. The van der Waals surface area contributed by atoms with E-state index < -0.39 is 36.2 Å². The summed E-state index contributed by atoms with van der Waals surface area (Å²) in [5.41, 5.74) is 3.94. The standard InChI is InChI=1S/C38H42O8/c1-40-34(39)23-38(41-2)37(45-27-32-21-13-6-14-22-32)36(44-26-31-19-11-5-12-20-31)35(43-25-30-17-9-4-10-18-30)33(46-38)28-42-24-29-15-7-3-8-16-29/h3-22,33,35-37H,23-28H2,1-2H3/t33-,35-,36+,37-,38+/m1/s1. The fourth-order valence-electron chi connectivity index (χ4n) is 5.57. The molecule has 1 saturated heterocycles. The third-order valence-corrected chi connectivity index (χ3v) is 7.97. The van der Waals surface area contributed by atoms with Crippen LogP contribution in [-0.4, -0.2) is 57.0 Å². The summed E-state index contributed by atoms with van der Waals surface area (Å²) >= 11 is 0. The Balaban J connectivity index is 1.50. The first-order chi connectivity index (χ1) is 22.6. The summed E-state index contributed by atoms with van der Waals surface area (Å²) in [6.45, 7) is 1.33. The molecule has 0 unspecified atom stereocenters. The van der Waals surface area contributed by atoms with Gasteiger partial charge in [-0.2, -0.15) is 0 Å². The van der Waals surface area contributed by atoms with Gasteiger partial charge < -0.3 is 33.2 Å². The molecule has 4 aromatic carbocycles. The van der Waals surface area contributed by atoms with Crippen LogP contribution in [0, 0.1) is 0 Å². The van der Waals surface area contributed by atoms with Gasteiger partial charge in [0.15, 0.2) is 0 Å². The van der Waals surface area contributed by atoms with Gasteiger partial charge in [-0.3, -0.25) is 4.79 Å². The number of hydrogen-bond acceptors (Lipinski definition) is 8. The minimum absolute atomic E-state index is 0.150. The number of rotatable bonds is 16. The molecule has 1 aliphatic heterocycles. The summed E-state index contributed by atoms with van der Waals surface area (Å²) in [6.07, 6.45) is -3.18. The maximum Gasteiger partial charge on any atom is 0.311 e. The van der Waals surface area contributed by atoms with Gasteiger partial charge in [0.05, 0.1) is 40.1 Å². The van der Waals surface area contributed by atoms with Crippen molar-refractivity contribution in [2.45, 2.75) is 63.1 Å². The number of carbonyl (C=O) groups excluding carboxylic acids is 1. The van der Waals surface area contributed by atoms with E-state index in [1.54, 1.807) is 0 Å². The third kappa shape index (κ3) is 9.10. The van der Waals surface area contributed by atoms with Gasteiger partial charge in [-0.1, -0.05) is 121 Å². The molecular weight excluding hydrogens is 584 g/mol. The van der Waals surface area contributed by atoms with Crippen LogP contribution in [0.3, 0.4) is 0 Å². The zero-order valence-corrected chi connectivity index (χ0v) is 26.4. The second-order valence-electron chi connectivity index (χ2n) is 11.2. The summed E-state index contributed by atoms with van der Waals surface area (Å²) in [6, 6.07) is 39.5. The Morgan fingerprint density at radius 1 is 0.609 bits per heavy atom. The Morgan fingerprint density at radius 2 is 1.04 bits per heavy atom. The highest BCUT2D eigenvalue weighted by atomic mass is 16.7. The molecule has 0 spiro atoms. The molecule has 4 aromatic rings. The van der Waals surface area contributed by atoms with E-state index in [0.717, 1.165) is 22.3 Å². The van der Waals surface area contributed by atoms with Crippen molar-refractivity contribution in [1.29, 1.82) is 0 Å². The first kappa shape index (κ1) is 33.5. The van der Waals surface area contributed by atoms with Crippen molar-refractivity contribution in [3.8, 4) is 0 Å². The lowest BCUT2D eigenvalue weighted by Gasteiger charge is -2.51. The molecule has 1 fully saturated rings. The summed E-state index contributed by atoms with van der Waals surface area (Å²) in [5.74, 6) is -2.07. The topological polar surface area (TPSA) is 81.7 Å². The largest absolute Gasteiger partial charge is 0.469 e. The fourth-order valence-corrected chi connectivity index (χ4v) is 5.57. The second-order valence-corrected chi connectivity index (χ2v) is 11.2. The first-order valence-electron chi connectivity index (χ1n) is 15.5. The molecular formula is C38H42O8. The van der Waals surface area contributed by atoms with E-state index in [-0.39, 0.29) is 26.2 Å². The van der Waals surface area contributed by atoms with Crippen LogP contribution >= 0.6 is 0 Å². The van der Waals surface area contributed by atoms with E-state index in [2.05, 4.69) is 0 Å². The Hall–Kier alpha value is -3.89. The van der Waals surface area contributed by atoms with Crippen LogP contribution in [0.5, 0.6) is 0 Å². The zero-order valence-electron chi connectivity index (χ0n) is 26.4. The van der Waals surface area contributed by atoms with Crippen LogP contribution < -0.4 is 0 Å². The van der Waals surface area contributed by atoms with Crippen LogP contribution in [0.2, 0.25) is 0 Å². The quantitative estimate of drug-likeness (QED) is 0.135. The van der Waals surface area contributed by atoms with Gasteiger partial charge in [0, 0.05) is 7.11 Å². The van der Waals surface area contributed by atoms with Crippen LogP contribution in [0.4, 0.5) is 0 Å². The first-order valence-corrected chi connectivity index (χ1v) is 15.5. The van der Waals surface area contributed by atoms with Crippen LogP contribution in [0.25, 0.3) is 0 Å². The van der Waals surface area contributed by atoms with E-state index in [4.69, 9.17) is 33.2 Å². The molecule has 0 bridgehead atoms. The van der Waals surface area contributed by atoms with Gasteiger partial charge in [-0.05, 0) is 22.3 Å². The van der Waals surface area contributed by atoms with E-state index in [1.165, 1.54) is 14.2 Å². The maximum atomic E-state index is 12.9. The molecule has 0 amide bonds. The lowest BCUT2D eigenvalue weighted by Crippen LogP contribution is -2.68. The Kier molecular flexibility index (Phi) is 12.5. The van der Waals surface area contributed by atoms with Crippen LogP contribution in [-0.2, 0) is 64.4 Å². The SMILES string of the molecule is COC(=O)C[C@]1(OC)O[C@H](COCc2ccccc2)[C@@H](OCc2ccccc2)[C@H](OCc2ccccc2)[C@H]1OCc1ccccc1. The van der Waals surface area contributed by atoms with Gasteiger partial charge in [-0.15, -0.1) is 0 Å². The Morgan fingerprint density at radius 3 is 1.50 bits per heavy atom. The highest BCUT2D eigenvalue weighted by Gasteiger charge is 2.58. The molecule has 1 heterocycles. The Labute approximate surface area is 271 Å². The summed E-state index contributed by atoms with van der Waals surface area (Å²) in [7, 11) is 2.84. The molecule has 0 aromatic heterocycles. The van der Waals surface area contributed by atoms with Crippen LogP contribution in [0.1, 0.15) is 28.7 Å². The Bertz CT molecular complexity index is 1440. The number of hydrogen-bond donors (Lipinski definition) is 0. The molecule has 8 heteroatoms. The highest BCUT2D eigenvalue weighted by Crippen LogP contribution is 2.40. The van der Waals surface area contributed by atoms with Crippen molar-refractivity contribution in [2.24, 2.45) is 0 Å². The van der Waals surface area contributed by atoms with E-state index >= 15 is 0 Å². The van der Waals surface area contributed by atoms with E-state index in [0.29, 0.717) is 13.2 Å². The summed E-state index contributed by atoms with van der Waals surface area (Å²) < 4.78 is 44.2. The minimum Gasteiger partial charge on any atom is -0.469 e. The average Bonchev–Trinajstić information content (AvgIpc) is 3.11. The maximum absolute atomic E-state index is 12.9. The monoisotopic (exact) mass is 626 g/mol. The molecule has 242 valence electrons. The molecule has 0 radical (unpaired) electrons. The van der Waals surface area contributed by atoms with Gasteiger partial charge >= 0.3 is 5.97 Å². The van der Waals surface area contributed by atoms with Gasteiger partial charge in [0.1, 0.15) is 30.8 Å². The lowest BCUT2D eigenvalue weighted by atomic mass is 9.89. The number of esters is 1. The van der Waals surface area contributed by atoms with Crippen molar-refractivity contribution in [3.63, 3.8) is 0 Å². The molecule has 0 aliphatic carbocycles. The van der Waals surface area contributed by atoms with Crippen molar-refractivity contribution >= 4 is 5.97 Å². The van der Waals surface area contributed by atoms with Crippen LogP contribution in [0.15, 0.2) is 121 Å². The molecule has 5 rings (SSSR count). The number of ether oxygens (including phenoxy) is 7. The van der Waals surface area contributed by atoms with Gasteiger partial charge in [0.25, 0.3) is 0 Å². The minimum atomic E-state index is -1.56. The summed E-state index contributed by atoms with van der Waals surface area (Å²) in [4.78, 5) is 12.9. The van der Waals surface area contributed by atoms with Crippen molar-refractivity contribution < 1.29 is 38.0 Å². The normalized spacial score (nSPS) is 22.7. The average molecular weight is 627 g/mol. The molecule has 8 nitrogen and oxygen atoms in total. The third-order valence-electron chi connectivity index (χ3n) is 7.97.